The van der Waals surface area contributed by atoms with Gasteiger partial charge < -0.3 is 15.4 Å². The summed E-state index contributed by atoms with van der Waals surface area (Å²) >= 11 is 1.54. The van der Waals surface area contributed by atoms with Gasteiger partial charge in [-0.05, 0) is 36.8 Å². The van der Waals surface area contributed by atoms with Crippen molar-refractivity contribution in [2.75, 3.05) is 11.9 Å². The molecule has 5 nitrogen and oxygen atoms in total. The zero-order valence-corrected chi connectivity index (χ0v) is 14.1. The van der Waals surface area contributed by atoms with Crippen LogP contribution in [0.3, 0.4) is 0 Å². The number of thioether (sulfide) groups is 1. The van der Waals surface area contributed by atoms with E-state index in [1.165, 1.54) is 11.8 Å². The Labute approximate surface area is 144 Å². The number of para-hydroxylation sites is 1. The SMILES string of the molecule is CC1Sc2ccc(CNC(=O)COc3ccccc3)cc2NC1=O. The second-order valence-corrected chi connectivity index (χ2v) is 6.84. The second-order valence-electron chi connectivity index (χ2n) is 5.46. The number of benzene rings is 2. The number of hydrogen-bond acceptors (Lipinski definition) is 4. The topological polar surface area (TPSA) is 67.4 Å². The predicted octanol–water partition coefficient (Wildman–Crippen LogP) is 2.81. The van der Waals surface area contributed by atoms with Crippen molar-refractivity contribution < 1.29 is 14.3 Å². The monoisotopic (exact) mass is 342 g/mol. The number of rotatable bonds is 5. The van der Waals surface area contributed by atoms with Crippen molar-refractivity contribution in [1.82, 2.24) is 5.32 Å². The predicted molar refractivity (Wildman–Crippen MR) is 94.2 cm³/mol. The molecule has 1 unspecified atom stereocenters. The third-order valence-electron chi connectivity index (χ3n) is 3.58. The summed E-state index contributed by atoms with van der Waals surface area (Å²) in [5.74, 6) is 0.476. The van der Waals surface area contributed by atoms with Gasteiger partial charge in [-0.2, -0.15) is 0 Å². The molecule has 1 heterocycles. The third kappa shape index (κ3) is 4.08. The lowest BCUT2D eigenvalue weighted by molar-refractivity contribution is -0.123. The highest BCUT2D eigenvalue weighted by molar-refractivity contribution is 8.00. The molecule has 1 aliphatic rings. The molecule has 0 fully saturated rings. The molecular formula is C18H18N2O3S. The largest absolute Gasteiger partial charge is 0.484 e. The summed E-state index contributed by atoms with van der Waals surface area (Å²) in [6, 6.07) is 15.0. The number of hydrogen-bond donors (Lipinski definition) is 2. The van der Waals surface area contributed by atoms with Crippen molar-refractivity contribution in [1.29, 1.82) is 0 Å². The molecule has 3 rings (SSSR count). The Bertz CT molecular complexity index is 749. The molecule has 0 spiro atoms. The lowest BCUT2D eigenvalue weighted by atomic mass is 10.2. The smallest absolute Gasteiger partial charge is 0.258 e. The van der Waals surface area contributed by atoms with Gasteiger partial charge in [-0.15, -0.1) is 11.8 Å². The van der Waals surface area contributed by atoms with E-state index in [2.05, 4.69) is 10.6 Å². The fourth-order valence-corrected chi connectivity index (χ4v) is 3.21. The van der Waals surface area contributed by atoms with Gasteiger partial charge in [-0.3, -0.25) is 9.59 Å². The Morgan fingerprint density at radius 2 is 2.04 bits per heavy atom. The standard InChI is InChI=1S/C18H18N2O3S/c1-12-18(22)20-15-9-13(7-8-16(15)24-12)10-19-17(21)11-23-14-5-3-2-4-6-14/h2-9,12H,10-11H2,1H3,(H,19,21)(H,20,22). The number of carbonyl (C=O) groups is 2. The minimum Gasteiger partial charge on any atom is -0.484 e. The van der Waals surface area contributed by atoms with E-state index in [0.29, 0.717) is 12.3 Å². The van der Waals surface area contributed by atoms with Crippen molar-refractivity contribution in [2.45, 2.75) is 23.6 Å². The van der Waals surface area contributed by atoms with E-state index in [4.69, 9.17) is 4.74 Å². The molecule has 0 aliphatic carbocycles. The highest BCUT2D eigenvalue weighted by Crippen LogP contribution is 2.35. The van der Waals surface area contributed by atoms with E-state index in [0.717, 1.165) is 16.1 Å². The zero-order chi connectivity index (χ0) is 16.9. The number of anilines is 1. The first-order valence-corrected chi connectivity index (χ1v) is 8.55. The van der Waals surface area contributed by atoms with Crippen LogP contribution in [0.4, 0.5) is 5.69 Å². The summed E-state index contributed by atoms with van der Waals surface area (Å²) in [6.45, 7) is 2.24. The van der Waals surface area contributed by atoms with Gasteiger partial charge in [0.1, 0.15) is 5.75 Å². The summed E-state index contributed by atoms with van der Waals surface area (Å²) in [5, 5.41) is 5.61. The van der Waals surface area contributed by atoms with Crippen molar-refractivity contribution in [3.05, 3.63) is 54.1 Å². The normalized spacial score (nSPS) is 16.0. The van der Waals surface area contributed by atoms with Crippen LogP contribution in [0.25, 0.3) is 0 Å². The van der Waals surface area contributed by atoms with Gasteiger partial charge in [0, 0.05) is 11.4 Å². The summed E-state index contributed by atoms with van der Waals surface area (Å²) in [5.41, 5.74) is 1.73. The molecule has 0 aromatic heterocycles. The highest BCUT2D eigenvalue weighted by atomic mass is 32.2. The molecule has 124 valence electrons. The summed E-state index contributed by atoms with van der Waals surface area (Å²) in [4.78, 5) is 24.6. The molecule has 2 N–H and O–H groups in total. The van der Waals surface area contributed by atoms with E-state index in [9.17, 15) is 9.59 Å². The van der Waals surface area contributed by atoms with Gasteiger partial charge in [0.05, 0.1) is 10.9 Å². The summed E-state index contributed by atoms with van der Waals surface area (Å²) < 4.78 is 5.40. The molecule has 2 amide bonds. The van der Waals surface area contributed by atoms with E-state index < -0.39 is 0 Å². The summed E-state index contributed by atoms with van der Waals surface area (Å²) in [6.07, 6.45) is 0. The van der Waals surface area contributed by atoms with E-state index >= 15 is 0 Å². The number of nitrogens with one attached hydrogen (secondary N) is 2. The number of amides is 2. The van der Waals surface area contributed by atoms with Gasteiger partial charge in [0.2, 0.25) is 5.91 Å². The first kappa shape index (κ1) is 16.4. The van der Waals surface area contributed by atoms with Crippen LogP contribution in [-0.2, 0) is 16.1 Å². The molecular weight excluding hydrogens is 324 g/mol. The molecule has 0 saturated carbocycles. The van der Waals surface area contributed by atoms with Crippen molar-refractivity contribution in [3.8, 4) is 5.75 Å². The third-order valence-corrected chi connectivity index (χ3v) is 4.76. The maximum atomic E-state index is 11.9. The number of ether oxygens (including phenoxy) is 1. The number of fused-ring (bicyclic) bond motifs is 1. The Hall–Kier alpha value is -2.47. The van der Waals surface area contributed by atoms with Gasteiger partial charge in [-0.25, -0.2) is 0 Å². The Kier molecular flexibility index (Phi) is 5.05. The molecule has 0 bridgehead atoms. The Balaban J connectivity index is 1.52. The fraction of sp³-hybridized carbons (Fsp3) is 0.222. The minimum atomic E-state index is -0.191. The van der Waals surface area contributed by atoms with Crippen LogP contribution >= 0.6 is 11.8 Å². The lowest BCUT2D eigenvalue weighted by Gasteiger charge is -2.22. The quantitative estimate of drug-likeness (QED) is 0.877. The first-order chi connectivity index (χ1) is 11.6. The Morgan fingerprint density at radius 3 is 2.83 bits per heavy atom. The number of carbonyl (C=O) groups excluding carboxylic acids is 2. The van der Waals surface area contributed by atoms with Gasteiger partial charge in [0.25, 0.3) is 5.91 Å². The minimum absolute atomic E-state index is 0.00458. The molecule has 24 heavy (non-hydrogen) atoms. The molecule has 2 aromatic carbocycles. The molecule has 2 aromatic rings. The van der Waals surface area contributed by atoms with Crippen LogP contribution in [0, 0.1) is 0 Å². The van der Waals surface area contributed by atoms with Crippen LogP contribution in [0.2, 0.25) is 0 Å². The van der Waals surface area contributed by atoms with Crippen molar-refractivity contribution in [2.24, 2.45) is 0 Å². The summed E-state index contributed by atoms with van der Waals surface area (Å²) in [7, 11) is 0. The zero-order valence-electron chi connectivity index (χ0n) is 13.2. The van der Waals surface area contributed by atoms with E-state index in [1.54, 1.807) is 12.1 Å². The maximum absolute atomic E-state index is 11.9. The first-order valence-electron chi connectivity index (χ1n) is 7.67. The maximum Gasteiger partial charge on any atom is 0.258 e. The van der Waals surface area contributed by atoms with Crippen molar-refractivity contribution in [3.63, 3.8) is 0 Å². The molecule has 0 radical (unpaired) electrons. The van der Waals surface area contributed by atoms with Gasteiger partial charge in [-0.1, -0.05) is 24.3 Å². The molecule has 1 atom stereocenters. The van der Waals surface area contributed by atoms with Crippen LogP contribution in [0.5, 0.6) is 5.75 Å². The average Bonchev–Trinajstić information content (AvgIpc) is 2.60. The van der Waals surface area contributed by atoms with Gasteiger partial charge >= 0.3 is 0 Å². The fourth-order valence-electron chi connectivity index (χ4n) is 2.28. The Morgan fingerprint density at radius 1 is 1.25 bits per heavy atom. The highest BCUT2D eigenvalue weighted by Gasteiger charge is 2.22. The molecule has 6 heteroatoms. The van der Waals surface area contributed by atoms with Crippen LogP contribution in [0.1, 0.15) is 12.5 Å². The lowest BCUT2D eigenvalue weighted by Crippen LogP contribution is -2.29. The van der Waals surface area contributed by atoms with Crippen LogP contribution in [-0.4, -0.2) is 23.7 Å². The van der Waals surface area contributed by atoms with Crippen LogP contribution < -0.4 is 15.4 Å². The van der Waals surface area contributed by atoms with Crippen LogP contribution in [0.15, 0.2) is 53.4 Å². The van der Waals surface area contributed by atoms with E-state index in [1.807, 2.05) is 43.3 Å². The average molecular weight is 342 g/mol. The molecule has 0 saturated heterocycles. The van der Waals surface area contributed by atoms with Crippen molar-refractivity contribution >= 4 is 29.3 Å². The second kappa shape index (κ2) is 7.40. The van der Waals surface area contributed by atoms with E-state index in [-0.39, 0.29) is 23.7 Å². The van der Waals surface area contributed by atoms with Gasteiger partial charge in [0.15, 0.2) is 6.61 Å². The molecule has 1 aliphatic heterocycles.